The Kier molecular flexibility index (Phi) is 7.48. The summed E-state index contributed by atoms with van der Waals surface area (Å²) in [6, 6.07) is 19.7. The predicted molar refractivity (Wildman–Crippen MR) is 140 cm³/mol. The van der Waals surface area contributed by atoms with Crippen LogP contribution in [-0.4, -0.2) is 28.7 Å². The molecule has 0 aliphatic carbocycles. The Morgan fingerprint density at radius 1 is 1.08 bits per heavy atom. The number of hydrazone groups is 1. The summed E-state index contributed by atoms with van der Waals surface area (Å²) < 4.78 is 11.6. The van der Waals surface area contributed by atoms with Crippen molar-refractivity contribution in [3.8, 4) is 5.75 Å². The van der Waals surface area contributed by atoms with Crippen LogP contribution in [0, 0.1) is 6.92 Å². The Balaban J connectivity index is 1.65. The van der Waals surface area contributed by atoms with Crippen molar-refractivity contribution in [3.63, 3.8) is 0 Å². The maximum absolute atomic E-state index is 12.8. The number of anilines is 1. The van der Waals surface area contributed by atoms with Gasteiger partial charge in [0, 0.05) is 30.7 Å². The highest BCUT2D eigenvalue weighted by atomic mass is 16.5. The van der Waals surface area contributed by atoms with Crippen LogP contribution in [0.3, 0.4) is 0 Å². The van der Waals surface area contributed by atoms with Gasteiger partial charge in [-0.2, -0.15) is 5.01 Å². The largest absolute Gasteiger partial charge is 0.446 e. The summed E-state index contributed by atoms with van der Waals surface area (Å²) >= 11 is 0. The first-order chi connectivity index (χ1) is 17.8. The van der Waals surface area contributed by atoms with Crippen molar-refractivity contribution in [1.29, 1.82) is 0 Å². The fourth-order valence-corrected chi connectivity index (χ4v) is 4.02. The van der Waals surface area contributed by atoms with Crippen LogP contribution >= 0.6 is 0 Å². The average molecular weight is 498 g/mol. The molecule has 3 aromatic rings. The zero-order chi connectivity index (χ0) is 26.5. The van der Waals surface area contributed by atoms with Crippen LogP contribution in [0.25, 0.3) is 0 Å². The van der Waals surface area contributed by atoms with Crippen molar-refractivity contribution in [1.82, 2.24) is 5.01 Å². The second-order valence-corrected chi connectivity index (χ2v) is 8.51. The summed E-state index contributed by atoms with van der Waals surface area (Å²) in [4.78, 5) is 37.1. The number of carbonyl (C=O) groups is 3. The van der Waals surface area contributed by atoms with E-state index in [4.69, 9.17) is 9.47 Å². The molecule has 0 bridgehead atoms. The Hall–Kier alpha value is -4.72. The number of amides is 2. The number of nitrogens with one attached hydrogen (secondary N) is 1. The molecule has 1 N–H and O–H groups in total. The zero-order valence-corrected chi connectivity index (χ0v) is 20.9. The first-order valence-corrected chi connectivity index (χ1v) is 11.7. The van der Waals surface area contributed by atoms with Crippen molar-refractivity contribution in [2.24, 2.45) is 5.10 Å². The molecule has 2 amide bonds. The molecule has 1 aliphatic heterocycles. The number of esters is 1. The van der Waals surface area contributed by atoms with Gasteiger partial charge in [0.05, 0.1) is 5.56 Å². The number of aryl methyl sites for hydroxylation is 1. The lowest BCUT2D eigenvalue weighted by atomic mass is 10.1. The van der Waals surface area contributed by atoms with Gasteiger partial charge in [0.2, 0.25) is 18.0 Å². The first-order valence-electron chi connectivity index (χ1n) is 11.7. The van der Waals surface area contributed by atoms with Crippen LogP contribution in [0.2, 0.25) is 0 Å². The number of hydrogen-bond donors (Lipinski definition) is 1. The molecule has 1 unspecified atom stereocenters. The molecule has 37 heavy (non-hydrogen) atoms. The van der Waals surface area contributed by atoms with Gasteiger partial charge in [-0.05, 0) is 48.7 Å². The molecule has 1 atom stereocenters. The number of rotatable bonds is 7. The van der Waals surface area contributed by atoms with Gasteiger partial charge < -0.3 is 14.8 Å². The fourth-order valence-electron chi connectivity index (χ4n) is 4.02. The maximum atomic E-state index is 12.8. The summed E-state index contributed by atoms with van der Waals surface area (Å²) in [5.41, 5.74) is 3.74. The Labute approximate surface area is 215 Å². The molecule has 8 nitrogen and oxygen atoms in total. The van der Waals surface area contributed by atoms with Gasteiger partial charge in [0.25, 0.3) is 5.91 Å². The third-order valence-electron chi connectivity index (χ3n) is 5.72. The van der Waals surface area contributed by atoms with E-state index in [1.165, 1.54) is 18.9 Å². The van der Waals surface area contributed by atoms with Crippen LogP contribution < -0.4 is 10.1 Å². The summed E-state index contributed by atoms with van der Waals surface area (Å²) in [5.74, 6) is -0.638. The van der Waals surface area contributed by atoms with Gasteiger partial charge >= 0.3 is 5.97 Å². The molecule has 3 aromatic carbocycles. The van der Waals surface area contributed by atoms with Crippen LogP contribution in [0.1, 0.15) is 52.7 Å². The van der Waals surface area contributed by atoms with Crippen molar-refractivity contribution in [2.45, 2.75) is 33.4 Å². The van der Waals surface area contributed by atoms with Gasteiger partial charge in [-0.15, -0.1) is 11.7 Å². The number of para-hydroxylation sites is 1. The lowest BCUT2D eigenvalue weighted by Gasteiger charge is -2.20. The normalized spacial score (nSPS) is 14.4. The molecule has 0 saturated heterocycles. The van der Waals surface area contributed by atoms with E-state index in [-0.39, 0.29) is 17.7 Å². The predicted octanol–water partition coefficient (Wildman–Crippen LogP) is 5.14. The highest BCUT2D eigenvalue weighted by molar-refractivity contribution is 6.05. The number of nitrogens with zero attached hydrogens (tertiary/aromatic N) is 2. The minimum absolute atomic E-state index is 0.136. The van der Waals surface area contributed by atoms with E-state index in [0.717, 1.165) is 11.1 Å². The Morgan fingerprint density at radius 3 is 2.54 bits per heavy atom. The molecular formula is C29H27N3O5. The molecule has 188 valence electrons. The van der Waals surface area contributed by atoms with E-state index in [1.54, 1.807) is 48.5 Å². The molecular weight excluding hydrogens is 470 g/mol. The summed E-state index contributed by atoms with van der Waals surface area (Å²) in [7, 11) is 0. The summed E-state index contributed by atoms with van der Waals surface area (Å²) in [6.07, 6.45) is 1.29. The van der Waals surface area contributed by atoms with E-state index in [0.29, 0.717) is 34.5 Å². The van der Waals surface area contributed by atoms with E-state index in [9.17, 15) is 14.4 Å². The minimum atomic E-state index is -0.879. The minimum Gasteiger partial charge on any atom is -0.446 e. The molecule has 8 heteroatoms. The molecule has 0 aromatic heterocycles. The second kappa shape index (κ2) is 10.9. The topological polar surface area (TPSA) is 97.3 Å². The van der Waals surface area contributed by atoms with Crippen molar-refractivity contribution in [2.75, 3.05) is 5.32 Å². The molecule has 0 saturated carbocycles. The monoisotopic (exact) mass is 497 g/mol. The third kappa shape index (κ3) is 5.59. The fraction of sp³-hybridized carbons (Fsp3) is 0.172. The summed E-state index contributed by atoms with van der Waals surface area (Å²) in [6.45, 7) is 8.32. The van der Waals surface area contributed by atoms with Gasteiger partial charge in [-0.3, -0.25) is 14.4 Å². The number of hydrogen-bond acceptors (Lipinski definition) is 6. The number of carbonyl (C=O) groups excluding carboxylic acids is 3. The smallest absolute Gasteiger partial charge is 0.308 e. The molecule has 0 spiro atoms. The third-order valence-corrected chi connectivity index (χ3v) is 5.72. The Morgan fingerprint density at radius 2 is 1.84 bits per heavy atom. The highest BCUT2D eigenvalue weighted by Gasteiger charge is 2.35. The van der Waals surface area contributed by atoms with Gasteiger partial charge in [0.15, 0.2) is 0 Å². The standard InChI is InChI=1S/C29H27N3O5/c1-5-10-21-12-9-16-25(26(21)36-20(4)34)28-31-32(19(3)33)29(37-28)22-13-8-14-23(17-22)30-27(35)24-15-7-6-11-18(24)2/h5-9,11-17,29H,1,10H2,2-4H3,(H,30,35). The van der Waals surface area contributed by atoms with Crippen molar-refractivity contribution in [3.05, 3.63) is 107 Å². The first kappa shape index (κ1) is 25.4. The lowest BCUT2D eigenvalue weighted by molar-refractivity contribution is -0.135. The molecule has 4 rings (SSSR count). The van der Waals surface area contributed by atoms with Crippen LogP contribution in [0.15, 0.2) is 84.5 Å². The van der Waals surface area contributed by atoms with Gasteiger partial charge in [-0.1, -0.05) is 48.5 Å². The molecule has 0 radical (unpaired) electrons. The number of benzene rings is 3. The van der Waals surface area contributed by atoms with Crippen molar-refractivity contribution >= 4 is 29.4 Å². The van der Waals surface area contributed by atoms with Gasteiger partial charge in [0.1, 0.15) is 5.75 Å². The number of ether oxygens (including phenoxy) is 2. The van der Waals surface area contributed by atoms with E-state index in [1.807, 2.05) is 31.2 Å². The Bertz CT molecular complexity index is 1410. The van der Waals surface area contributed by atoms with Crippen LogP contribution in [0.4, 0.5) is 5.69 Å². The van der Waals surface area contributed by atoms with E-state index < -0.39 is 12.2 Å². The highest BCUT2D eigenvalue weighted by Crippen LogP contribution is 2.35. The second-order valence-electron chi connectivity index (χ2n) is 8.51. The number of allylic oxidation sites excluding steroid dienone is 1. The summed E-state index contributed by atoms with van der Waals surface area (Å²) in [5, 5.41) is 8.53. The molecule has 1 heterocycles. The molecule has 0 fully saturated rings. The van der Waals surface area contributed by atoms with Crippen LogP contribution in [0.5, 0.6) is 5.75 Å². The van der Waals surface area contributed by atoms with E-state index in [2.05, 4.69) is 17.0 Å². The SMILES string of the molecule is C=CCc1cccc(C2=NN(C(C)=O)C(c3cccc(NC(=O)c4ccccc4C)c3)O2)c1OC(C)=O. The quantitative estimate of drug-likeness (QED) is 0.277. The van der Waals surface area contributed by atoms with E-state index >= 15 is 0 Å². The lowest BCUT2D eigenvalue weighted by Crippen LogP contribution is -2.25. The maximum Gasteiger partial charge on any atom is 0.308 e. The molecule has 1 aliphatic rings. The van der Waals surface area contributed by atoms with Crippen LogP contribution in [-0.2, 0) is 20.7 Å². The van der Waals surface area contributed by atoms with Crippen molar-refractivity contribution < 1.29 is 23.9 Å². The average Bonchev–Trinajstić information content (AvgIpc) is 3.31. The zero-order valence-electron chi connectivity index (χ0n) is 20.9. The van der Waals surface area contributed by atoms with Gasteiger partial charge in [-0.25, -0.2) is 0 Å².